The quantitative estimate of drug-likeness (QED) is 0.826. The van der Waals surface area contributed by atoms with Crippen molar-refractivity contribution in [3.63, 3.8) is 0 Å². The lowest BCUT2D eigenvalue weighted by Gasteiger charge is -2.14. The summed E-state index contributed by atoms with van der Waals surface area (Å²) < 4.78 is 0. The number of aryl methyl sites for hydroxylation is 1. The molecule has 0 aromatic carbocycles. The molecule has 20 heavy (non-hydrogen) atoms. The topological polar surface area (TPSA) is 50.7 Å². The van der Waals surface area contributed by atoms with Crippen LogP contribution in [0.1, 0.15) is 37.6 Å². The van der Waals surface area contributed by atoms with Crippen molar-refractivity contribution in [2.45, 2.75) is 43.4 Å². The van der Waals surface area contributed by atoms with E-state index in [1.807, 2.05) is 19.2 Å². The molecule has 1 atom stereocenters. The first-order valence-electron chi connectivity index (χ1n) is 6.86. The first kappa shape index (κ1) is 14.9. The predicted molar refractivity (Wildman–Crippen MR) is 81.8 cm³/mol. The van der Waals surface area contributed by atoms with Gasteiger partial charge in [0.25, 0.3) is 0 Å². The van der Waals surface area contributed by atoms with Crippen LogP contribution in [-0.2, 0) is 0 Å². The summed E-state index contributed by atoms with van der Waals surface area (Å²) in [7, 11) is 0. The fraction of sp³-hybridized carbons (Fsp3) is 0.400. The van der Waals surface area contributed by atoms with Crippen molar-refractivity contribution in [1.29, 1.82) is 0 Å². The van der Waals surface area contributed by atoms with E-state index < -0.39 is 0 Å². The van der Waals surface area contributed by atoms with Gasteiger partial charge in [-0.3, -0.25) is 0 Å². The van der Waals surface area contributed by atoms with Crippen LogP contribution in [0.15, 0.2) is 40.8 Å². The highest BCUT2D eigenvalue weighted by atomic mass is 32.2. The molecule has 2 heterocycles. The molecule has 0 saturated carbocycles. The van der Waals surface area contributed by atoms with Crippen molar-refractivity contribution >= 4 is 11.8 Å². The number of hydrogen-bond donors (Lipinski definition) is 1. The van der Waals surface area contributed by atoms with E-state index in [9.17, 15) is 0 Å². The van der Waals surface area contributed by atoms with Gasteiger partial charge in [-0.2, -0.15) is 0 Å². The summed E-state index contributed by atoms with van der Waals surface area (Å²) in [4.78, 5) is 13.0. The summed E-state index contributed by atoms with van der Waals surface area (Å²) in [5.74, 6) is 0. The molecule has 106 valence electrons. The monoisotopic (exact) mass is 288 g/mol. The minimum atomic E-state index is 0.329. The molecule has 0 aliphatic heterocycles. The molecule has 0 aliphatic rings. The average molecular weight is 288 g/mol. The van der Waals surface area contributed by atoms with Crippen LogP contribution in [0.4, 0.5) is 0 Å². The summed E-state index contributed by atoms with van der Waals surface area (Å²) in [6, 6.07) is 6.37. The molecule has 0 bridgehead atoms. The number of hydrogen-bond acceptors (Lipinski definition) is 5. The normalized spacial score (nSPS) is 12.3. The third kappa shape index (κ3) is 4.28. The number of rotatable bonds is 6. The number of nitrogens with one attached hydrogen (secondary N) is 1. The van der Waals surface area contributed by atoms with Crippen LogP contribution < -0.4 is 5.32 Å². The van der Waals surface area contributed by atoms with Crippen molar-refractivity contribution in [3.8, 4) is 0 Å². The maximum absolute atomic E-state index is 4.39. The van der Waals surface area contributed by atoms with Gasteiger partial charge in [0, 0.05) is 24.1 Å². The second kappa shape index (κ2) is 7.36. The molecule has 2 aromatic rings. The minimum Gasteiger partial charge on any atom is -0.310 e. The molecule has 0 saturated heterocycles. The molecule has 1 N–H and O–H groups in total. The lowest BCUT2D eigenvalue weighted by molar-refractivity contribution is 0.569. The molecule has 4 nitrogen and oxygen atoms in total. The van der Waals surface area contributed by atoms with E-state index >= 15 is 0 Å². The lowest BCUT2D eigenvalue weighted by Crippen LogP contribution is -2.19. The third-order valence-corrected chi connectivity index (χ3v) is 3.74. The first-order chi connectivity index (χ1) is 9.69. The van der Waals surface area contributed by atoms with Gasteiger partial charge in [0.05, 0.1) is 0 Å². The molecule has 0 radical (unpaired) electrons. The molecule has 1 unspecified atom stereocenters. The number of nitrogens with zero attached hydrogens (tertiary/aromatic N) is 3. The minimum absolute atomic E-state index is 0.329. The third-order valence-electron chi connectivity index (χ3n) is 2.93. The molecule has 2 aromatic heterocycles. The maximum atomic E-state index is 4.39. The molecular formula is C15H20N4S. The molecule has 0 spiro atoms. The van der Waals surface area contributed by atoms with Gasteiger partial charge in [0.2, 0.25) is 0 Å². The summed E-state index contributed by atoms with van der Waals surface area (Å²) in [6.45, 7) is 7.32. The van der Waals surface area contributed by atoms with Crippen molar-refractivity contribution in [3.05, 3.63) is 41.9 Å². The average Bonchev–Trinajstić information content (AvgIpc) is 2.45. The maximum Gasteiger partial charge on any atom is 0.194 e. The number of pyridine rings is 1. The van der Waals surface area contributed by atoms with E-state index in [1.54, 1.807) is 6.20 Å². The van der Waals surface area contributed by atoms with E-state index in [0.717, 1.165) is 28.8 Å². The van der Waals surface area contributed by atoms with Gasteiger partial charge >= 0.3 is 0 Å². The lowest BCUT2D eigenvalue weighted by atomic mass is 10.1. The first-order valence-corrected chi connectivity index (χ1v) is 7.67. The van der Waals surface area contributed by atoms with Crippen LogP contribution >= 0.6 is 11.8 Å². The van der Waals surface area contributed by atoms with Crippen LogP contribution in [0.2, 0.25) is 0 Å². The zero-order chi connectivity index (χ0) is 14.4. The van der Waals surface area contributed by atoms with Crippen molar-refractivity contribution in [1.82, 2.24) is 20.3 Å². The Kier molecular flexibility index (Phi) is 5.49. The Morgan fingerprint density at radius 1 is 1.25 bits per heavy atom. The second-order valence-electron chi connectivity index (χ2n) is 4.69. The summed E-state index contributed by atoms with van der Waals surface area (Å²) in [5.41, 5.74) is 2.21. The SMILES string of the molecule is CCCNC(C)c1ccnc(Sc2nccc(C)n2)c1. The van der Waals surface area contributed by atoms with Crippen molar-refractivity contribution < 1.29 is 0 Å². The molecular weight excluding hydrogens is 268 g/mol. The zero-order valence-corrected chi connectivity index (χ0v) is 12.9. The largest absolute Gasteiger partial charge is 0.310 e. The zero-order valence-electron chi connectivity index (χ0n) is 12.1. The summed E-state index contributed by atoms with van der Waals surface area (Å²) in [5, 5.41) is 5.15. The Morgan fingerprint density at radius 3 is 2.80 bits per heavy atom. The smallest absolute Gasteiger partial charge is 0.194 e. The van der Waals surface area contributed by atoms with Crippen molar-refractivity contribution in [2.75, 3.05) is 6.54 Å². The Bertz CT molecular complexity index is 559. The highest BCUT2D eigenvalue weighted by Gasteiger charge is 2.07. The van der Waals surface area contributed by atoms with Crippen molar-refractivity contribution in [2.24, 2.45) is 0 Å². The Hall–Kier alpha value is -1.46. The molecule has 2 rings (SSSR count). The van der Waals surface area contributed by atoms with Crippen LogP contribution in [-0.4, -0.2) is 21.5 Å². The van der Waals surface area contributed by atoms with Gasteiger partial charge in [0.15, 0.2) is 5.16 Å². The van der Waals surface area contributed by atoms with Crippen LogP contribution in [0.5, 0.6) is 0 Å². The van der Waals surface area contributed by atoms with Gasteiger partial charge in [-0.25, -0.2) is 15.0 Å². The molecule has 0 fully saturated rings. The Labute approximate surface area is 124 Å². The van der Waals surface area contributed by atoms with Crippen LogP contribution in [0.3, 0.4) is 0 Å². The van der Waals surface area contributed by atoms with Gasteiger partial charge < -0.3 is 5.32 Å². The van der Waals surface area contributed by atoms with E-state index in [0.29, 0.717) is 6.04 Å². The fourth-order valence-corrected chi connectivity index (χ4v) is 2.60. The van der Waals surface area contributed by atoms with Gasteiger partial charge in [0.1, 0.15) is 5.03 Å². The highest BCUT2D eigenvalue weighted by Crippen LogP contribution is 2.24. The highest BCUT2D eigenvalue weighted by molar-refractivity contribution is 7.99. The van der Waals surface area contributed by atoms with E-state index in [1.165, 1.54) is 17.3 Å². The van der Waals surface area contributed by atoms with Gasteiger partial charge in [-0.05, 0) is 62.3 Å². The molecule has 0 amide bonds. The van der Waals surface area contributed by atoms with E-state index in [-0.39, 0.29) is 0 Å². The Morgan fingerprint density at radius 2 is 2.05 bits per heavy atom. The van der Waals surface area contributed by atoms with E-state index in [2.05, 4.69) is 46.2 Å². The molecule has 0 aliphatic carbocycles. The predicted octanol–water partition coefficient (Wildman–Crippen LogP) is 3.39. The van der Waals surface area contributed by atoms with Gasteiger partial charge in [-0.1, -0.05) is 6.92 Å². The summed E-state index contributed by atoms with van der Waals surface area (Å²) in [6.07, 6.45) is 4.76. The Balaban J connectivity index is 2.09. The summed E-state index contributed by atoms with van der Waals surface area (Å²) >= 11 is 1.50. The van der Waals surface area contributed by atoms with Crippen LogP contribution in [0.25, 0.3) is 0 Å². The fourth-order valence-electron chi connectivity index (χ4n) is 1.80. The van der Waals surface area contributed by atoms with E-state index in [4.69, 9.17) is 0 Å². The van der Waals surface area contributed by atoms with Crippen LogP contribution in [0, 0.1) is 6.92 Å². The second-order valence-corrected chi connectivity index (χ2v) is 5.67. The van der Waals surface area contributed by atoms with Gasteiger partial charge in [-0.15, -0.1) is 0 Å². The number of aromatic nitrogens is 3. The molecule has 5 heteroatoms. The standard InChI is InChI=1S/C15H20N4S/c1-4-7-16-12(3)13-6-9-17-14(10-13)20-15-18-8-5-11(2)19-15/h5-6,8-10,12,16H,4,7H2,1-3H3.